The van der Waals surface area contributed by atoms with Crippen LogP contribution in [-0.4, -0.2) is 50.1 Å². The fourth-order valence-corrected chi connectivity index (χ4v) is 1.44. The second kappa shape index (κ2) is 10.5. The lowest BCUT2D eigenvalue weighted by Crippen LogP contribution is -2.30. The van der Waals surface area contributed by atoms with Gasteiger partial charge in [-0.25, -0.2) is 0 Å². The van der Waals surface area contributed by atoms with Crippen molar-refractivity contribution in [2.45, 2.75) is 46.1 Å². The third-order valence-electron chi connectivity index (χ3n) is 2.92. The maximum atomic E-state index is 11.4. The monoisotopic (exact) mass is 243 g/mol. The van der Waals surface area contributed by atoms with E-state index in [1.165, 1.54) is 0 Å². The highest BCUT2D eigenvalue weighted by atomic mass is 16.1. The number of nitrogens with zero attached hydrogens (tertiary/aromatic N) is 1. The first-order valence-electron chi connectivity index (χ1n) is 6.75. The van der Waals surface area contributed by atoms with Gasteiger partial charge in [-0.15, -0.1) is 0 Å². The minimum absolute atomic E-state index is 0.156. The van der Waals surface area contributed by atoms with E-state index in [4.69, 9.17) is 0 Å². The SMILES string of the molecule is CCNCCC(=O)NCCCCN(C)C(C)C. The summed E-state index contributed by atoms with van der Waals surface area (Å²) in [4.78, 5) is 13.7. The number of nitrogens with one attached hydrogen (secondary N) is 2. The lowest BCUT2D eigenvalue weighted by Gasteiger charge is -2.20. The van der Waals surface area contributed by atoms with Gasteiger partial charge in [0.1, 0.15) is 0 Å². The van der Waals surface area contributed by atoms with Gasteiger partial charge in [0.2, 0.25) is 5.91 Å². The lowest BCUT2D eigenvalue weighted by molar-refractivity contribution is -0.121. The van der Waals surface area contributed by atoms with Crippen molar-refractivity contribution < 1.29 is 4.79 Å². The van der Waals surface area contributed by atoms with Crippen molar-refractivity contribution in [1.82, 2.24) is 15.5 Å². The summed E-state index contributed by atoms with van der Waals surface area (Å²) in [5.74, 6) is 0.156. The molecule has 0 saturated heterocycles. The van der Waals surface area contributed by atoms with Crippen LogP contribution in [0, 0.1) is 0 Å². The molecule has 1 amide bonds. The van der Waals surface area contributed by atoms with E-state index < -0.39 is 0 Å². The molecule has 0 bridgehead atoms. The van der Waals surface area contributed by atoms with Crippen LogP contribution >= 0.6 is 0 Å². The van der Waals surface area contributed by atoms with Crippen LogP contribution in [0.25, 0.3) is 0 Å². The zero-order chi connectivity index (χ0) is 13.1. The molecule has 17 heavy (non-hydrogen) atoms. The smallest absolute Gasteiger partial charge is 0.221 e. The van der Waals surface area contributed by atoms with Gasteiger partial charge in [0.05, 0.1) is 0 Å². The molecule has 0 spiro atoms. The number of unbranched alkanes of at least 4 members (excludes halogenated alkanes) is 1. The van der Waals surface area contributed by atoms with Gasteiger partial charge < -0.3 is 15.5 Å². The van der Waals surface area contributed by atoms with E-state index >= 15 is 0 Å². The van der Waals surface area contributed by atoms with E-state index in [0.29, 0.717) is 12.5 Å². The van der Waals surface area contributed by atoms with Gasteiger partial charge in [-0.3, -0.25) is 4.79 Å². The molecule has 0 aromatic carbocycles. The quantitative estimate of drug-likeness (QED) is 0.567. The molecule has 0 unspecified atom stereocenters. The molecule has 0 saturated carbocycles. The fraction of sp³-hybridized carbons (Fsp3) is 0.923. The first-order chi connectivity index (χ1) is 8.07. The van der Waals surface area contributed by atoms with Crippen LogP contribution in [0.15, 0.2) is 0 Å². The van der Waals surface area contributed by atoms with Crippen molar-refractivity contribution in [3.63, 3.8) is 0 Å². The summed E-state index contributed by atoms with van der Waals surface area (Å²) < 4.78 is 0. The Morgan fingerprint density at radius 3 is 2.53 bits per heavy atom. The maximum Gasteiger partial charge on any atom is 0.221 e. The van der Waals surface area contributed by atoms with Gasteiger partial charge in [0, 0.05) is 25.6 Å². The Morgan fingerprint density at radius 2 is 1.94 bits per heavy atom. The molecule has 0 aliphatic carbocycles. The van der Waals surface area contributed by atoms with Gasteiger partial charge in [0.25, 0.3) is 0 Å². The summed E-state index contributed by atoms with van der Waals surface area (Å²) in [6, 6.07) is 0.602. The Kier molecular flexibility index (Phi) is 10.2. The number of rotatable bonds is 10. The highest BCUT2D eigenvalue weighted by Crippen LogP contribution is 1.97. The Labute approximate surface area is 106 Å². The third kappa shape index (κ3) is 10.3. The fourth-order valence-electron chi connectivity index (χ4n) is 1.44. The highest BCUT2D eigenvalue weighted by Gasteiger charge is 2.02. The van der Waals surface area contributed by atoms with Crippen LogP contribution < -0.4 is 10.6 Å². The number of carbonyl (C=O) groups excluding carboxylic acids is 1. The van der Waals surface area contributed by atoms with Crippen LogP contribution in [0.4, 0.5) is 0 Å². The van der Waals surface area contributed by atoms with E-state index in [0.717, 1.165) is 39.0 Å². The number of amides is 1. The van der Waals surface area contributed by atoms with Crippen LogP contribution in [0.1, 0.15) is 40.0 Å². The van der Waals surface area contributed by atoms with E-state index in [9.17, 15) is 4.79 Å². The topological polar surface area (TPSA) is 44.4 Å². The van der Waals surface area contributed by atoms with Gasteiger partial charge in [0.15, 0.2) is 0 Å². The summed E-state index contributed by atoms with van der Waals surface area (Å²) in [7, 11) is 2.14. The molecule has 0 heterocycles. The number of hydrogen-bond donors (Lipinski definition) is 2. The summed E-state index contributed by atoms with van der Waals surface area (Å²) >= 11 is 0. The van der Waals surface area contributed by atoms with Crippen molar-refractivity contribution in [3.8, 4) is 0 Å². The van der Waals surface area contributed by atoms with E-state index in [2.05, 4.69) is 36.4 Å². The van der Waals surface area contributed by atoms with E-state index in [-0.39, 0.29) is 5.91 Å². The summed E-state index contributed by atoms with van der Waals surface area (Å²) in [6.45, 7) is 10.0. The van der Waals surface area contributed by atoms with E-state index in [1.54, 1.807) is 0 Å². The lowest BCUT2D eigenvalue weighted by atomic mass is 10.2. The molecule has 0 aromatic rings. The van der Waals surface area contributed by atoms with Crippen molar-refractivity contribution in [2.24, 2.45) is 0 Å². The predicted octanol–water partition coefficient (Wildman–Crippen LogP) is 1.22. The standard InChI is InChI=1S/C13H29N3O/c1-5-14-10-8-13(17)15-9-6-7-11-16(4)12(2)3/h12,14H,5-11H2,1-4H3,(H,15,17). The molecule has 2 N–H and O–H groups in total. The number of carbonyl (C=O) groups is 1. The van der Waals surface area contributed by atoms with Crippen LogP contribution in [0.2, 0.25) is 0 Å². The van der Waals surface area contributed by atoms with Crippen molar-refractivity contribution >= 4 is 5.91 Å². The first kappa shape index (κ1) is 16.4. The molecule has 0 aliphatic heterocycles. The number of hydrogen-bond acceptors (Lipinski definition) is 3. The molecule has 0 rings (SSSR count). The minimum atomic E-state index is 0.156. The highest BCUT2D eigenvalue weighted by molar-refractivity contribution is 5.75. The summed E-state index contributed by atoms with van der Waals surface area (Å²) in [5, 5.41) is 6.09. The molecule has 0 fully saturated rings. The molecule has 0 atom stereocenters. The normalized spacial score (nSPS) is 11.2. The Morgan fingerprint density at radius 1 is 1.24 bits per heavy atom. The molecule has 4 nitrogen and oxygen atoms in total. The zero-order valence-corrected chi connectivity index (χ0v) is 11.9. The average Bonchev–Trinajstić information content (AvgIpc) is 2.28. The Hall–Kier alpha value is -0.610. The molecule has 0 aliphatic rings. The summed E-state index contributed by atoms with van der Waals surface area (Å²) in [6.07, 6.45) is 2.78. The van der Waals surface area contributed by atoms with Gasteiger partial charge in [-0.1, -0.05) is 6.92 Å². The third-order valence-corrected chi connectivity index (χ3v) is 2.92. The molecule has 4 heteroatoms. The molecule has 102 valence electrons. The van der Waals surface area contributed by atoms with Crippen LogP contribution in [0.3, 0.4) is 0 Å². The first-order valence-corrected chi connectivity index (χ1v) is 6.75. The molecule has 0 aromatic heterocycles. The van der Waals surface area contributed by atoms with Crippen molar-refractivity contribution in [3.05, 3.63) is 0 Å². The van der Waals surface area contributed by atoms with Gasteiger partial charge in [-0.2, -0.15) is 0 Å². The van der Waals surface area contributed by atoms with Crippen molar-refractivity contribution in [1.29, 1.82) is 0 Å². The molecular formula is C13H29N3O. The Bertz CT molecular complexity index is 195. The average molecular weight is 243 g/mol. The largest absolute Gasteiger partial charge is 0.356 e. The van der Waals surface area contributed by atoms with E-state index in [1.807, 2.05) is 6.92 Å². The maximum absolute atomic E-state index is 11.4. The summed E-state index contributed by atoms with van der Waals surface area (Å²) in [5.41, 5.74) is 0. The Balaban J connectivity index is 3.30. The van der Waals surface area contributed by atoms with Crippen molar-refractivity contribution in [2.75, 3.05) is 33.2 Å². The zero-order valence-electron chi connectivity index (χ0n) is 11.9. The minimum Gasteiger partial charge on any atom is -0.356 e. The molecule has 0 radical (unpaired) electrons. The van der Waals surface area contributed by atoms with Gasteiger partial charge >= 0.3 is 0 Å². The second-order valence-electron chi connectivity index (χ2n) is 4.73. The second-order valence-corrected chi connectivity index (χ2v) is 4.73. The predicted molar refractivity (Wildman–Crippen MR) is 73.2 cm³/mol. The van der Waals surface area contributed by atoms with Crippen LogP contribution in [0.5, 0.6) is 0 Å². The van der Waals surface area contributed by atoms with Crippen LogP contribution in [-0.2, 0) is 4.79 Å². The van der Waals surface area contributed by atoms with Gasteiger partial charge in [-0.05, 0) is 46.8 Å². The molecular weight excluding hydrogens is 214 g/mol.